The first-order valence-corrected chi connectivity index (χ1v) is 10.3. The predicted molar refractivity (Wildman–Crippen MR) is 104 cm³/mol. The molecule has 2 aromatic carbocycles. The molecule has 0 aromatic heterocycles. The van der Waals surface area contributed by atoms with Crippen molar-refractivity contribution in [2.75, 3.05) is 13.6 Å². The smallest absolute Gasteiger partial charge is 0.231 e. The number of Topliss-reactive ketones (excluding diaryl/α,β-unsaturated/α-hetero) is 1. The molecule has 2 saturated heterocycles. The van der Waals surface area contributed by atoms with E-state index in [1.54, 1.807) is 0 Å². The zero-order valence-electron chi connectivity index (χ0n) is 16.1. The first kappa shape index (κ1) is 17.2. The van der Waals surface area contributed by atoms with Crippen molar-refractivity contribution in [2.24, 2.45) is 11.8 Å². The summed E-state index contributed by atoms with van der Waals surface area (Å²) in [6.07, 6.45) is 3.58. The van der Waals surface area contributed by atoms with E-state index in [1.807, 2.05) is 24.3 Å². The van der Waals surface area contributed by atoms with Gasteiger partial charge < -0.3 is 24.3 Å². The molecule has 29 heavy (non-hydrogen) atoms. The van der Waals surface area contributed by atoms with E-state index in [1.165, 1.54) is 0 Å². The minimum atomic E-state index is -0.00636. The van der Waals surface area contributed by atoms with Crippen LogP contribution in [0.5, 0.6) is 23.0 Å². The van der Waals surface area contributed by atoms with Crippen LogP contribution >= 0.6 is 0 Å². The number of fused-ring (bicyclic) bond motifs is 4. The SMILES string of the molecule is O=C1C(Cc2ccc3c(c2)OCO3)C2CCC(N2)C1Cc1ccc2c(c1)OCO2. The fourth-order valence-electron chi connectivity index (χ4n) is 5.24. The summed E-state index contributed by atoms with van der Waals surface area (Å²) in [7, 11) is 0. The molecule has 4 aliphatic rings. The average Bonchev–Trinajstić information content (AvgIpc) is 3.47. The molecule has 0 amide bonds. The zero-order valence-corrected chi connectivity index (χ0v) is 16.1. The summed E-state index contributed by atoms with van der Waals surface area (Å²) >= 11 is 0. The highest BCUT2D eigenvalue weighted by Crippen LogP contribution is 2.39. The molecule has 0 saturated carbocycles. The minimum absolute atomic E-state index is 0.00636. The Labute approximate surface area is 169 Å². The monoisotopic (exact) mass is 393 g/mol. The normalized spacial score (nSPS) is 28.8. The summed E-state index contributed by atoms with van der Waals surface area (Å²) in [5.41, 5.74) is 2.25. The van der Waals surface area contributed by atoms with Gasteiger partial charge in [-0.3, -0.25) is 4.79 Å². The van der Waals surface area contributed by atoms with E-state index in [0.29, 0.717) is 5.78 Å². The van der Waals surface area contributed by atoms with E-state index in [-0.39, 0.29) is 37.5 Å². The summed E-state index contributed by atoms with van der Waals surface area (Å²) in [5.74, 6) is 3.49. The molecular weight excluding hydrogens is 370 g/mol. The lowest BCUT2D eigenvalue weighted by Gasteiger charge is -2.35. The van der Waals surface area contributed by atoms with Gasteiger partial charge in [-0.1, -0.05) is 12.1 Å². The molecule has 4 atom stereocenters. The highest BCUT2D eigenvalue weighted by molar-refractivity contribution is 5.86. The molecule has 6 nitrogen and oxygen atoms in total. The lowest BCUT2D eigenvalue weighted by atomic mass is 9.77. The Bertz CT molecular complexity index is 898. The molecular formula is C23H23NO5. The molecule has 0 aliphatic carbocycles. The van der Waals surface area contributed by atoms with Crippen molar-refractivity contribution in [1.82, 2.24) is 5.32 Å². The lowest BCUT2D eigenvalue weighted by molar-refractivity contribution is -0.130. The van der Waals surface area contributed by atoms with E-state index in [4.69, 9.17) is 18.9 Å². The van der Waals surface area contributed by atoms with Crippen LogP contribution in [0.2, 0.25) is 0 Å². The Hall–Kier alpha value is -2.73. The number of piperidine rings is 1. The molecule has 1 N–H and O–H groups in total. The van der Waals surface area contributed by atoms with Crippen LogP contribution in [0.4, 0.5) is 0 Å². The highest BCUT2D eigenvalue weighted by Gasteiger charge is 2.47. The van der Waals surface area contributed by atoms with Gasteiger partial charge in [0.15, 0.2) is 23.0 Å². The standard InChI is InChI=1S/C23H23NO5/c25-23-15(7-13-1-5-19-21(9-13)28-11-26-19)17-3-4-18(24-17)16(23)8-14-2-6-20-22(10-14)29-12-27-20/h1-2,5-6,9-10,15-18,24H,3-4,7-8,11-12H2. The van der Waals surface area contributed by atoms with E-state index >= 15 is 0 Å². The lowest BCUT2D eigenvalue weighted by Crippen LogP contribution is -2.53. The van der Waals surface area contributed by atoms with Crippen molar-refractivity contribution in [1.29, 1.82) is 0 Å². The predicted octanol–water partition coefficient (Wildman–Crippen LogP) is 2.86. The van der Waals surface area contributed by atoms with Gasteiger partial charge in [0, 0.05) is 23.9 Å². The van der Waals surface area contributed by atoms with Gasteiger partial charge in [-0.05, 0) is 61.1 Å². The number of hydrogen-bond acceptors (Lipinski definition) is 6. The maximum absolute atomic E-state index is 13.5. The van der Waals surface area contributed by atoms with E-state index in [2.05, 4.69) is 17.4 Å². The van der Waals surface area contributed by atoms with Gasteiger partial charge in [0.1, 0.15) is 5.78 Å². The number of rotatable bonds is 4. The molecule has 6 heteroatoms. The summed E-state index contributed by atoms with van der Waals surface area (Å²) in [6.45, 7) is 0.537. The first-order valence-electron chi connectivity index (χ1n) is 10.3. The van der Waals surface area contributed by atoms with Crippen molar-refractivity contribution in [3.63, 3.8) is 0 Å². The number of ketones is 1. The number of ether oxygens (including phenoxy) is 4. The quantitative estimate of drug-likeness (QED) is 0.862. The summed E-state index contributed by atoms with van der Waals surface area (Å²) in [6, 6.07) is 12.6. The minimum Gasteiger partial charge on any atom is -0.454 e. The first-order chi connectivity index (χ1) is 14.2. The third-order valence-electron chi connectivity index (χ3n) is 6.70. The molecule has 0 radical (unpaired) electrons. The number of benzene rings is 2. The number of hydrogen-bond donors (Lipinski definition) is 1. The Balaban J connectivity index is 1.23. The fraction of sp³-hybridized carbons (Fsp3) is 0.435. The molecule has 6 rings (SSSR count). The average molecular weight is 393 g/mol. The Morgan fingerprint density at radius 1 is 0.724 bits per heavy atom. The van der Waals surface area contributed by atoms with E-state index in [9.17, 15) is 4.79 Å². The van der Waals surface area contributed by atoms with Crippen LogP contribution in [0.15, 0.2) is 36.4 Å². The van der Waals surface area contributed by atoms with Gasteiger partial charge in [-0.15, -0.1) is 0 Å². The van der Waals surface area contributed by atoms with Crippen molar-refractivity contribution in [2.45, 2.75) is 37.8 Å². The van der Waals surface area contributed by atoms with Gasteiger partial charge >= 0.3 is 0 Å². The molecule has 2 bridgehead atoms. The Morgan fingerprint density at radius 2 is 1.21 bits per heavy atom. The van der Waals surface area contributed by atoms with Gasteiger partial charge in [0.05, 0.1) is 0 Å². The Morgan fingerprint density at radius 3 is 1.72 bits per heavy atom. The molecule has 0 spiro atoms. The molecule has 2 aromatic rings. The topological polar surface area (TPSA) is 66.0 Å². The third-order valence-corrected chi connectivity index (χ3v) is 6.70. The molecule has 150 valence electrons. The number of nitrogens with one attached hydrogen (secondary N) is 1. The molecule has 4 heterocycles. The Kier molecular flexibility index (Phi) is 3.94. The number of carbonyl (C=O) groups is 1. The van der Waals surface area contributed by atoms with Crippen molar-refractivity contribution >= 4 is 5.78 Å². The van der Waals surface area contributed by atoms with Crippen LogP contribution in [-0.2, 0) is 17.6 Å². The number of carbonyl (C=O) groups excluding carboxylic acids is 1. The summed E-state index contributed by atoms with van der Waals surface area (Å²) in [5, 5.41) is 3.73. The molecule has 2 fully saturated rings. The van der Waals surface area contributed by atoms with Gasteiger partial charge in [-0.2, -0.15) is 0 Å². The maximum Gasteiger partial charge on any atom is 0.231 e. The van der Waals surface area contributed by atoms with Gasteiger partial charge in [-0.25, -0.2) is 0 Å². The van der Waals surface area contributed by atoms with Crippen LogP contribution in [0.3, 0.4) is 0 Å². The van der Waals surface area contributed by atoms with Crippen LogP contribution in [0, 0.1) is 11.8 Å². The zero-order chi connectivity index (χ0) is 19.4. The van der Waals surface area contributed by atoms with Crippen LogP contribution in [0.25, 0.3) is 0 Å². The summed E-state index contributed by atoms with van der Waals surface area (Å²) < 4.78 is 21.8. The van der Waals surface area contributed by atoms with Crippen molar-refractivity contribution in [3.05, 3.63) is 47.5 Å². The second kappa shape index (κ2) is 6.66. The molecule has 4 unspecified atom stereocenters. The molecule has 4 aliphatic heterocycles. The maximum atomic E-state index is 13.5. The second-order valence-electron chi connectivity index (χ2n) is 8.36. The van der Waals surface area contributed by atoms with Gasteiger partial charge in [0.25, 0.3) is 0 Å². The summed E-state index contributed by atoms with van der Waals surface area (Å²) in [4.78, 5) is 13.5. The van der Waals surface area contributed by atoms with Gasteiger partial charge in [0.2, 0.25) is 13.6 Å². The largest absolute Gasteiger partial charge is 0.454 e. The third kappa shape index (κ3) is 2.94. The van der Waals surface area contributed by atoms with Crippen LogP contribution in [-0.4, -0.2) is 31.5 Å². The second-order valence-corrected chi connectivity index (χ2v) is 8.36. The van der Waals surface area contributed by atoms with Crippen molar-refractivity contribution in [3.8, 4) is 23.0 Å². The fourth-order valence-corrected chi connectivity index (χ4v) is 5.24. The highest BCUT2D eigenvalue weighted by atomic mass is 16.7. The van der Waals surface area contributed by atoms with Crippen LogP contribution in [0.1, 0.15) is 24.0 Å². The van der Waals surface area contributed by atoms with E-state index < -0.39 is 0 Å². The van der Waals surface area contributed by atoms with Crippen LogP contribution < -0.4 is 24.3 Å². The van der Waals surface area contributed by atoms with E-state index in [0.717, 1.165) is 59.8 Å². The van der Waals surface area contributed by atoms with Crippen molar-refractivity contribution < 1.29 is 23.7 Å².